The summed E-state index contributed by atoms with van der Waals surface area (Å²) in [5.41, 5.74) is 0.474. The fourth-order valence-corrected chi connectivity index (χ4v) is 2.36. The Morgan fingerprint density at radius 3 is 1.93 bits per heavy atom. The number of hydrogen-bond donors (Lipinski definition) is 3. The Bertz CT molecular complexity index is 558. The minimum absolute atomic E-state index is 0.213. The number of halogens is 2. The molecule has 10 heteroatoms. The summed E-state index contributed by atoms with van der Waals surface area (Å²) in [6, 6.07) is -0.950. The van der Waals surface area contributed by atoms with E-state index < -0.39 is 47.9 Å². The number of carbonyl (C=O) groups is 2. The minimum atomic E-state index is -3.42. The van der Waals surface area contributed by atoms with Crippen molar-refractivity contribution >= 4 is 12.2 Å². The lowest BCUT2D eigenvalue weighted by Crippen LogP contribution is -2.52. The SMILES string of the molecule is CCCC(NN)C(O)C(F)(F)CCC=CN(C(=O)OC(C)(C)C)C(=O)OC(C)(C)C. The Morgan fingerprint density at radius 1 is 1.10 bits per heavy atom. The summed E-state index contributed by atoms with van der Waals surface area (Å²) in [5.74, 6) is 1.83. The first-order valence-electron chi connectivity index (χ1n) is 9.98. The molecule has 0 bridgehead atoms. The Morgan fingerprint density at radius 2 is 1.57 bits per heavy atom. The Labute approximate surface area is 177 Å². The van der Waals surface area contributed by atoms with Crippen molar-refractivity contribution in [2.45, 2.75) is 103 Å². The van der Waals surface area contributed by atoms with Gasteiger partial charge in [0.2, 0.25) is 0 Å². The molecule has 0 radical (unpaired) electrons. The number of amides is 2. The van der Waals surface area contributed by atoms with Crippen molar-refractivity contribution < 1.29 is 33.0 Å². The maximum absolute atomic E-state index is 14.3. The van der Waals surface area contributed by atoms with Crippen molar-refractivity contribution in [1.82, 2.24) is 10.3 Å². The third-order valence-electron chi connectivity index (χ3n) is 3.71. The van der Waals surface area contributed by atoms with Crippen LogP contribution in [0.15, 0.2) is 12.3 Å². The minimum Gasteiger partial charge on any atom is -0.443 e. The Kier molecular flexibility index (Phi) is 10.9. The zero-order valence-corrected chi connectivity index (χ0v) is 19.0. The molecule has 0 saturated carbocycles. The number of hydrogen-bond acceptors (Lipinski definition) is 7. The molecule has 0 fully saturated rings. The van der Waals surface area contributed by atoms with Crippen LogP contribution >= 0.6 is 0 Å². The summed E-state index contributed by atoms with van der Waals surface area (Å²) >= 11 is 0. The van der Waals surface area contributed by atoms with E-state index in [1.54, 1.807) is 48.5 Å². The van der Waals surface area contributed by atoms with E-state index in [4.69, 9.17) is 15.3 Å². The molecule has 0 aromatic rings. The van der Waals surface area contributed by atoms with E-state index in [9.17, 15) is 23.5 Å². The number of ether oxygens (including phenoxy) is 2. The molecule has 0 aliphatic carbocycles. The molecule has 0 aliphatic rings. The molecule has 0 rings (SSSR count). The number of alkyl halides is 2. The standard InChI is InChI=1S/C20H37F2N3O5/c1-8-11-14(24-23)15(26)20(21,22)12-9-10-13-25(16(27)29-18(2,3)4)17(28)30-19(5,6)7/h10,13-15,24,26H,8-9,11-12,23H2,1-7H3. The van der Waals surface area contributed by atoms with Crippen LogP contribution in [-0.2, 0) is 9.47 Å². The Balaban J connectivity index is 5.22. The van der Waals surface area contributed by atoms with E-state index in [0.29, 0.717) is 11.3 Å². The number of aliphatic hydroxyl groups is 1. The van der Waals surface area contributed by atoms with Crippen LogP contribution in [0.25, 0.3) is 0 Å². The van der Waals surface area contributed by atoms with Gasteiger partial charge >= 0.3 is 12.2 Å². The number of imide groups is 1. The predicted octanol–water partition coefficient (Wildman–Crippen LogP) is 4.08. The van der Waals surface area contributed by atoms with Gasteiger partial charge in [0, 0.05) is 12.6 Å². The second-order valence-electron chi connectivity index (χ2n) is 9.02. The van der Waals surface area contributed by atoms with Crippen LogP contribution in [0.4, 0.5) is 18.4 Å². The number of carbonyl (C=O) groups excluding carboxylic acids is 2. The molecule has 30 heavy (non-hydrogen) atoms. The lowest BCUT2D eigenvalue weighted by atomic mass is 9.97. The average molecular weight is 438 g/mol. The second kappa shape index (κ2) is 11.6. The number of allylic oxidation sites excluding steroid dienone is 1. The first-order valence-corrected chi connectivity index (χ1v) is 9.98. The molecule has 2 atom stereocenters. The zero-order chi connectivity index (χ0) is 23.8. The molecule has 2 amide bonds. The summed E-state index contributed by atoms with van der Waals surface area (Å²) in [6.07, 6.45) is -1.75. The summed E-state index contributed by atoms with van der Waals surface area (Å²) in [7, 11) is 0. The van der Waals surface area contributed by atoms with Gasteiger partial charge in [-0.25, -0.2) is 18.4 Å². The van der Waals surface area contributed by atoms with Crippen molar-refractivity contribution in [1.29, 1.82) is 0 Å². The van der Waals surface area contributed by atoms with E-state index in [1.165, 1.54) is 6.08 Å². The molecule has 0 aromatic heterocycles. The van der Waals surface area contributed by atoms with Crippen LogP contribution in [-0.4, -0.2) is 51.5 Å². The third-order valence-corrected chi connectivity index (χ3v) is 3.71. The molecule has 0 saturated heterocycles. The van der Waals surface area contributed by atoms with E-state index in [-0.39, 0.29) is 12.8 Å². The Hall–Kier alpha value is -1.78. The number of aliphatic hydroxyl groups excluding tert-OH is 1. The number of rotatable bonds is 9. The van der Waals surface area contributed by atoms with Gasteiger partial charge in [0.1, 0.15) is 17.3 Å². The molecule has 0 aromatic carbocycles. The van der Waals surface area contributed by atoms with Crippen molar-refractivity contribution in [3.05, 3.63) is 12.3 Å². The number of nitrogens with one attached hydrogen (secondary N) is 1. The zero-order valence-electron chi connectivity index (χ0n) is 19.0. The number of hydrazine groups is 1. The molecular weight excluding hydrogens is 400 g/mol. The smallest absolute Gasteiger partial charge is 0.424 e. The van der Waals surface area contributed by atoms with Crippen molar-refractivity contribution in [2.75, 3.05) is 0 Å². The van der Waals surface area contributed by atoms with Crippen LogP contribution in [0.5, 0.6) is 0 Å². The first-order chi connectivity index (χ1) is 13.5. The maximum Gasteiger partial charge on any atom is 0.424 e. The fraction of sp³-hybridized carbons (Fsp3) is 0.800. The lowest BCUT2D eigenvalue weighted by Gasteiger charge is -2.29. The van der Waals surface area contributed by atoms with Crippen molar-refractivity contribution in [3.63, 3.8) is 0 Å². The molecule has 0 spiro atoms. The highest BCUT2D eigenvalue weighted by Crippen LogP contribution is 2.28. The van der Waals surface area contributed by atoms with Crippen LogP contribution < -0.4 is 11.3 Å². The van der Waals surface area contributed by atoms with E-state index in [1.807, 2.05) is 0 Å². The monoisotopic (exact) mass is 437 g/mol. The molecular formula is C20H37F2N3O5. The normalized spacial score (nSPS) is 15.0. The number of nitrogens with zero attached hydrogens (tertiary/aromatic N) is 1. The quantitative estimate of drug-likeness (QED) is 0.368. The van der Waals surface area contributed by atoms with E-state index in [2.05, 4.69) is 5.43 Å². The van der Waals surface area contributed by atoms with Crippen LogP contribution in [0.3, 0.4) is 0 Å². The van der Waals surface area contributed by atoms with Crippen molar-refractivity contribution in [2.24, 2.45) is 5.84 Å². The number of nitrogens with two attached hydrogens (primary N) is 1. The highest BCUT2D eigenvalue weighted by Gasteiger charge is 2.41. The van der Waals surface area contributed by atoms with Gasteiger partial charge < -0.3 is 14.6 Å². The average Bonchev–Trinajstić information content (AvgIpc) is 2.55. The highest BCUT2D eigenvalue weighted by molar-refractivity contribution is 5.89. The molecule has 0 aliphatic heterocycles. The van der Waals surface area contributed by atoms with Gasteiger partial charge in [-0.15, -0.1) is 0 Å². The van der Waals surface area contributed by atoms with Gasteiger partial charge in [0.15, 0.2) is 0 Å². The summed E-state index contributed by atoms with van der Waals surface area (Å²) in [4.78, 5) is 25.2. The second-order valence-corrected chi connectivity index (χ2v) is 9.02. The topological polar surface area (TPSA) is 114 Å². The fourth-order valence-electron chi connectivity index (χ4n) is 2.36. The molecule has 2 unspecified atom stereocenters. The summed E-state index contributed by atoms with van der Waals surface area (Å²) in [6.45, 7) is 11.6. The molecule has 176 valence electrons. The van der Waals surface area contributed by atoms with Gasteiger partial charge in [-0.05, 0) is 54.4 Å². The summed E-state index contributed by atoms with van der Waals surface area (Å²) in [5, 5.41) is 9.93. The van der Waals surface area contributed by atoms with Gasteiger partial charge in [-0.3, -0.25) is 11.3 Å². The van der Waals surface area contributed by atoms with Crippen LogP contribution in [0.1, 0.15) is 74.1 Å². The molecule has 0 heterocycles. The van der Waals surface area contributed by atoms with Gasteiger partial charge in [-0.2, -0.15) is 4.90 Å². The van der Waals surface area contributed by atoms with Crippen molar-refractivity contribution in [3.8, 4) is 0 Å². The van der Waals surface area contributed by atoms with E-state index >= 15 is 0 Å². The molecule has 8 nitrogen and oxygen atoms in total. The highest BCUT2D eigenvalue weighted by atomic mass is 19.3. The maximum atomic E-state index is 14.3. The van der Waals surface area contributed by atoms with E-state index in [0.717, 1.165) is 6.20 Å². The largest absolute Gasteiger partial charge is 0.443 e. The first kappa shape index (κ1) is 28.2. The molecule has 4 N–H and O–H groups in total. The van der Waals surface area contributed by atoms with Gasteiger partial charge in [0.25, 0.3) is 5.92 Å². The predicted molar refractivity (Wildman–Crippen MR) is 110 cm³/mol. The van der Waals surface area contributed by atoms with Crippen LogP contribution in [0, 0.1) is 0 Å². The lowest BCUT2D eigenvalue weighted by molar-refractivity contribution is -0.126. The summed E-state index contributed by atoms with van der Waals surface area (Å²) < 4.78 is 38.9. The van der Waals surface area contributed by atoms with Gasteiger partial charge in [-0.1, -0.05) is 19.4 Å². The van der Waals surface area contributed by atoms with Crippen LogP contribution in [0.2, 0.25) is 0 Å². The third kappa shape index (κ3) is 10.8. The van der Waals surface area contributed by atoms with Gasteiger partial charge in [0.05, 0.1) is 6.04 Å².